The number of anilines is 2. The SMILES string of the molecule is COc1ccccc1-c1ccc(-c2nc(-c3ccc(N4CCN(C)CC4)cc3)c(-c3ccc(N4CCN(C)CC4)cc3)[nH]2)cc1. The number of nitrogens with zero attached hydrogens (tertiary/aromatic N) is 5. The number of likely N-dealkylation sites (N-methyl/N-ethyl adjacent to an activating group) is 2. The van der Waals surface area contributed by atoms with Crippen LogP contribution in [0.4, 0.5) is 11.4 Å². The molecule has 1 N–H and O–H groups in total. The van der Waals surface area contributed by atoms with E-state index in [0.717, 1.165) is 103 Å². The summed E-state index contributed by atoms with van der Waals surface area (Å²) in [7, 11) is 6.11. The third-order valence-corrected chi connectivity index (χ3v) is 9.31. The van der Waals surface area contributed by atoms with E-state index in [4.69, 9.17) is 9.72 Å². The van der Waals surface area contributed by atoms with Crippen molar-refractivity contribution in [3.63, 3.8) is 0 Å². The van der Waals surface area contributed by atoms with Crippen LogP contribution >= 0.6 is 0 Å². The molecular weight excluding hydrogens is 556 g/mol. The van der Waals surface area contributed by atoms with Crippen LogP contribution < -0.4 is 14.5 Å². The third kappa shape index (κ3) is 6.19. The lowest BCUT2D eigenvalue weighted by molar-refractivity contribution is 0.313. The Hall–Kier alpha value is -4.59. The molecule has 7 rings (SSSR count). The van der Waals surface area contributed by atoms with Gasteiger partial charge in [0.1, 0.15) is 11.6 Å². The minimum absolute atomic E-state index is 0.859. The summed E-state index contributed by atoms with van der Waals surface area (Å²) in [5, 5.41) is 0. The van der Waals surface area contributed by atoms with Gasteiger partial charge < -0.3 is 29.3 Å². The van der Waals surface area contributed by atoms with Gasteiger partial charge in [0.25, 0.3) is 0 Å². The van der Waals surface area contributed by atoms with Gasteiger partial charge in [-0.15, -0.1) is 0 Å². The molecule has 0 bridgehead atoms. The summed E-state index contributed by atoms with van der Waals surface area (Å²) in [6, 6.07) is 34.6. The van der Waals surface area contributed by atoms with Crippen LogP contribution in [0.25, 0.3) is 45.0 Å². The lowest BCUT2D eigenvalue weighted by Gasteiger charge is -2.34. The number of para-hydroxylation sites is 1. The van der Waals surface area contributed by atoms with Crippen molar-refractivity contribution in [1.82, 2.24) is 19.8 Å². The van der Waals surface area contributed by atoms with Gasteiger partial charge in [0, 0.05) is 86.0 Å². The fraction of sp³-hybridized carbons (Fsp3) is 0.289. The Kier molecular flexibility index (Phi) is 8.29. The molecule has 7 heteroatoms. The second kappa shape index (κ2) is 12.8. The van der Waals surface area contributed by atoms with Crippen molar-refractivity contribution in [3.8, 4) is 50.8 Å². The van der Waals surface area contributed by atoms with Gasteiger partial charge in [0.05, 0.1) is 18.5 Å². The van der Waals surface area contributed by atoms with E-state index in [1.54, 1.807) is 7.11 Å². The van der Waals surface area contributed by atoms with Gasteiger partial charge >= 0.3 is 0 Å². The number of aromatic amines is 1. The van der Waals surface area contributed by atoms with Crippen molar-refractivity contribution >= 4 is 11.4 Å². The van der Waals surface area contributed by atoms with Crippen molar-refractivity contribution in [3.05, 3.63) is 97.1 Å². The molecule has 2 saturated heterocycles. The van der Waals surface area contributed by atoms with Gasteiger partial charge in [-0.2, -0.15) is 0 Å². The monoisotopic (exact) mass is 598 g/mol. The predicted octanol–water partition coefficient (Wildman–Crippen LogP) is 6.59. The highest BCUT2D eigenvalue weighted by molar-refractivity contribution is 5.83. The van der Waals surface area contributed by atoms with E-state index in [0.29, 0.717) is 0 Å². The van der Waals surface area contributed by atoms with Crippen LogP contribution in [0.15, 0.2) is 97.1 Å². The quantitative estimate of drug-likeness (QED) is 0.228. The fourth-order valence-electron chi connectivity index (χ4n) is 6.42. The van der Waals surface area contributed by atoms with E-state index in [1.807, 2.05) is 18.2 Å². The molecular formula is C38H42N6O. The Balaban J connectivity index is 1.22. The zero-order valence-corrected chi connectivity index (χ0v) is 26.5. The van der Waals surface area contributed by atoms with Crippen LogP contribution in [-0.4, -0.2) is 93.3 Å². The molecule has 45 heavy (non-hydrogen) atoms. The first-order valence-electron chi connectivity index (χ1n) is 16.0. The Morgan fingerprint density at radius 3 is 1.60 bits per heavy atom. The molecule has 0 unspecified atom stereocenters. The number of hydrogen-bond donors (Lipinski definition) is 1. The van der Waals surface area contributed by atoms with Crippen molar-refractivity contribution < 1.29 is 4.74 Å². The number of aromatic nitrogens is 2. The summed E-state index contributed by atoms with van der Waals surface area (Å²) in [5.74, 6) is 1.73. The van der Waals surface area contributed by atoms with Crippen molar-refractivity contribution in [2.75, 3.05) is 83.4 Å². The van der Waals surface area contributed by atoms with Gasteiger partial charge in [-0.1, -0.05) is 66.7 Å². The summed E-state index contributed by atoms with van der Waals surface area (Å²) in [6.45, 7) is 8.59. The smallest absolute Gasteiger partial charge is 0.138 e. The molecule has 230 valence electrons. The van der Waals surface area contributed by atoms with E-state index in [-0.39, 0.29) is 0 Å². The number of ether oxygens (including phenoxy) is 1. The molecule has 2 aliphatic rings. The van der Waals surface area contributed by atoms with Crippen LogP contribution in [0.3, 0.4) is 0 Å². The van der Waals surface area contributed by atoms with Gasteiger partial charge in [0.2, 0.25) is 0 Å². The summed E-state index contributed by atoms with van der Waals surface area (Å²) >= 11 is 0. The number of piperazine rings is 2. The molecule has 7 nitrogen and oxygen atoms in total. The zero-order valence-electron chi connectivity index (χ0n) is 26.5. The van der Waals surface area contributed by atoms with Crippen molar-refractivity contribution in [2.45, 2.75) is 0 Å². The molecule has 5 aromatic rings. The largest absolute Gasteiger partial charge is 0.496 e. The first-order chi connectivity index (χ1) is 22.1. The third-order valence-electron chi connectivity index (χ3n) is 9.31. The molecule has 0 saturated carbocycles. The summed E-state index contributed by atoms with van der Waals surface area (Å²) < 4.78 is 5.61. The average molecular weight is 599 g/mol. The summed E-state index contributed by atoms with van der Waals surface area (Å²) in [4.78, 5) is 18.7. The van der Waals surface area contributed by atoms with E-state index in [9.17, 15) is 0 Å². The van der Waals surface area contributed by atoms with Crippen LogP contribution in [-0.2, 0) is 0 Å². The number of nitrogens with one attached hydrogen (secondary N) is 1. The van der Waals surface area contributed by atoms with Gasteiger partial charge in [-0.3, -0.25) is 0 Å². The Labute approximate surface area is 266 Å². The highest BCUT2D eigenvalue weighted by Gasteiger charge is 2.19. The standard InChI is InChI=1S/C38H42N6O/c1-41-20-24-43(25-21-41)32-16-12-29(13-17-32)36-37(30-14-18-33(19-15-30)44-26-22-42(2)23-27-44)40-38(39-36)31-10-8-28(9-11-31)34-6-4-5-7-35(34)45-3/h4-19H,20-27H2,1-3H3,(H,39,40). The fourth-order valence-corrected chi connectivity index (χ4v) is 6.42. The summed E-state index contributed by atoms with van der Waals surface area (Å²) in [5.41, 5.74) is 10.0. The van der Waals surface area contributed by atoms with Gasteiger partial charge in [-0.25, -0.2) is 4.98 Å². The molecule has 0 amide bonds. The van der Waals surface area contributed by atoms with Gasteiger partial charge in [-0.05, 0) is 50.0 Å². The molecule has 2 fully saturated rings. The highest BCUT2D eigenvalue weighted by Crippen LogP contribution is 2.36. The zero-order chi connectivity index (χ0) is 30.8. The molecule has 0 atom stereocenters. The Morgan fingerprint density at radius 1 is 0.556 bits per heavy atom. The molecule has 0 radical (unpaired) electrons. The molecule has 0 aliphatic carbocycles. The van der Waals surface area contributed by atoms with Crippen LogP contribution in [0.2, 0.25) is 0 Å². The topological polar surface area (TPSA) is 50.9 Å². The molecule has 1 aromatic heterocycles. The Morgan fingerprint density at radius 2 is 1.04 bits per heavy atom. The normalized spacial score (nSPS) is 16.2. The Bertz CT molecular complexity index is 1630. The highest BCUT2D eigenvalue weighted by atomic mass is 16.5. The minimum atomic E-state index is 0.859. The number of benzene rings is 4. The number of rotatable bonds is 7. The van der Waals surface area contributed by atoms with Crippen molar-refractivity contribution in [2.24, 2.45) is 0 Å². The maximum Gasteiger partial charge on any atom is 0.138 e. The molecule has 3 heterocycles. The number of hydrogen-bond acceptors (Lipinski definition) is 6. The lowest BCUT2D eigenvalue weighted by atomic mass is 10.0. The lowest BCUT2D eigenvalue weighted by Crippen LogP contribution is -2.44. The maximum atomic E-state index is 5.61. The predicted molar refractivity (Wildman–Crippen MR) is 186 cm³/mol. The van der Waals surface area contributed by atoms with E-state index >= 15 is 0 Å². The second-order valence-electron chi connectivity index (χ2n) is 12.3. The number of H-pyrrole nitrogens is 1. The van der Waals surface area contributed by atoms with Crippen LogP contribution in [0.5, 0.6) is 5.75 Å². The van der Waals surface area contributed by atoms with Gasteiger partial charge in [0.15, 0.2) is 0 Å². The second-order valence-corrected chi connectivity index (χ2v) is 12.3. The van der Waals surface area contributed by atoms with E-state index in [1.165, 1.54) is 11.4 Å². The van der Waals surface area contributed by atoms with Crippen LogP contribution in [0.1, 0.15) is 0 Å². The first-order valence-corrected chi connectivity index (χ1v) is 16.0. The number of methoxy groups -OCH3 is 1. The summed E-state index contributed by atoms with van der Waals surface area (Å²) in [6.07, 6.45) is 0. The molecule has 0 spiro atoms. The number of imidazole rings is 1. The average Bonchev–Trinajstić information content (AvgIpc) is 3.55. The molecule has 4 aromatic carbocycles. The molecule has 2 aliphatic heterocycles. The maximum absolute atomic E-state index is 5.61. The first kappa shape index (κ1) is 29.1. The van der Waals surface area contributed by atoms with Crippen molar-refractivity contribution in [1.29, 1.82) is 0 Å². The van der Waals surface area contributed by atoms with E-state index in [2.05, 4.69) is 118 Å². The van der Waals surface area contributed by atoms with E-state index < -0.39 is 0 Å². The minimum Gasteiger partial charge on any atom is -0.496 e. The van der Waals surface area contributed by atoms with Crippen LogP contribution in [0, 0.1) is 0 Å².